The summed E-state index contributed by atoms with van der Waals surface area (Å²) in [6.07, 6.45) is 1.97. The summed E-state index contributed by atoms with van der Waals surface area (Å²) in [6, 6.07) is 12.1. The Hall–Kier alpha value is -2.53. The first kappa shape index (κ1) is 18.8. The molecule has 1 heterocycles. The molecule has 0 spiro atoms. The molecule has 148 valence electrons. The average molecular weight is 382 g/mol. The third kappa shape index (κ3) is 3.35. The summed E-state index contributed by atoms with van der Waals surface area (Å²) in [6.45, 7) is 4.58. The largest absolute Gasteiger partial charge is 0.492 e. The van der Waals surface area contributed by atoms with Crippen LogP contribution in [0.15, 0.2) is 36.4 Å². The fraction of sp³-hybridized carbons (Fsp3) is 0.435. The first-order valence-electron chi connectivity index (χ1n) is 9.71. The number of carboxylic acids is 1. The summed E-state index contributed by atoms with van der Waals surface area (Å²) < 4.78 is 17.7. The lowest BCUT2D eigenvalue weighted by Gasteiger charge is -2.26. The third-order valence-corrected chi connectivity index (χ3v) is 5.94. The standard InChI is InChI=1S/C23H26O5/c1-23(2,26-3)19-6-4-5-18-17(19)9-10-20(18)28-15-7-8-16-14(11-22(24)25)13-27-21(16)12-15/h4-8,12,14,20H,9-11,13H2,1-3H3,(H,24,25)/t14?,20-/m1/s1. The average Bonchev–Trinajstić information content (AvgIpc) is 3.25. The molecular formula is C23H26O5. The minimum Gasteiger partial charge on any atom is -0.492 e. The van der Waals surface area contributed by atoms with Crippen molar-refractivity contribution in [3.63, 3.8) is 0 Å². The van der Waals surface area contributed by atoms with Gasteiger partial charge in [0.15, 0.2) is 0 Å². The van der Waals surface area contributed by atoms with Crippen molar-refractivity contribution in [1.82, 2.24) is 0 Å². The van der Waals surface area contributed by atoms with Crippen molar-refractivity contribution in [3.05, 3.63) is 58.7 Å². The molecule has 5 nitrogen and oxygen atoms in total. The number of ether oxygens (including phenoxy) is 3. The molecule has 0 aromatic heterocycles. The monoisotopic (exact) mass is 382 g/mol. The molecule has 0 amide bonds. The predicted molar refractivity (Wildman–Crippen MR) is 105 cm³/mol. The minimum absolute atomic E-state index is 0.00289. The molecule has 2 atom stereocenters. The second-order valence-electron chi connectivity index (χ2n) is 8.04. The van der Waals surface area contributed by atoms with E-state index in [1.54, 1.807) is 7.11 Å². The van der Waals surface area contributed by atoms with Gasteiger partial charge in [0, 0.05) is 24.7 Å². The fourth-order valence-corrected chi connectivity index (χ4v) is 4.29. The van der Waals surface area contributed by atoms with E-state index in [0.29, 0.717) is 6.61 Å². The highest BCUT2D eigenvalue weighted by atomic mass is 16.5. The highest BCUT2D eigenvalue weighted by molar-refractivity contribution is 5.68. The lowest BCUT2D eigenvalue weighted by atomic mass is 9.91. The molecule has 1 aliphatic heterocycles. The van der Waals surface area contributed by atoms with E-state index in [1.807, 2.05) is 18.2 Å². The molecule has 1 unspecified atom stereocenters. The zero-order chi connectivity index (χ0) is 19.9. The minimum atomic E-state index is -0.806. The van der Waals surface area contributed by atoms with E-state index < -0.39 is 5.97 Å². The summed E-state index contributed by atoms with van der Waals surface area (Å²) in [7, 11) is 1.74. The number of carboxylic acid groups (broad SMARTS) is 1. The maximum atomic E-state index is 11.0. The molecule has 2 aliphatic rings. The molecule has 4 rings (SSSR count). The Bertz CT molecular complexity index is 902. The van der Waals surface area contributed by atoms with E-state index in [2.05, 4.69) is 32.0 Å². The zero-order valence-corrected chi connectivity index (χ0v) is 16.5. The van der Waals surface area contributed by atoms with Gasteiger partial charge in [0.2, 0.25) is 0 Å². The molecule has 1 N–H and O–H groups in total. The summed E-state index contributed by atoms with van der Waals surface area (Å²) >= 11 is 0. The second kappa shape index (κ2) is 7.13. The normalized spacial score (nSPS) is 20.4. The van der Waals surface area contributed by atoms with Crippen LogP contribution in [0, 0.1) is 0 Å². The third-order valence-electron chi connectivity index (χ3n) is 5.94. The van der Waals surface area contributed by atoms with E-state index in [9.17, 15) is 4.79 Å². The maximum absolute atomic E-state index is 11.0. The van der Waals surface area contributed by atoms with Crippen molar-refractivity contribution in [2.75, 3.05) is 13.7 Å². The lowest BCUT2D eigenvalue weighted by Crippen LogP contribution is -2.21. The molecular weight excluding hydrogens is 356 g/mol. The Labute approximate surface area is 165 Å². The van der Waals surface area contributed by atoms with Gasteiger partial charge in [-0.05, 0) is 49.4 Å². The van der Waals surface area contributed by atoms with Gasteiger partial charge in [0.05, 0.1) is 18.6 Å². The Morgan fingerprint density at radius 3 is 2.82 bits per heavy atom. The molecule has 5 heteroatoms. The van der Waals surface area contributed by atoms with E-state index in [4.69, 9.17) is 19.3 Å². The molecule has 0 saturated heterocycles. The van der Waals surface area contributed by atoms with Crippen molar-refractivity contribution in [2.45, 2.75) is 50.7 Å². The zero-order valence-electron chi connectivity index (χ0n) is 16.5. The van der Waals surface area contributed by atoms with Crippen LogP contribution in [-0.2, 0) is 21.6 Å². The highest BCUT2D eigenvalue weighted by Gasteiger charge is 2.32. The quantitative estimate of drug-likeness (QED) is 0.792. The maximum Gasteiger partial charge on any atom is 0.304 e. The number of methoxy groups -OCH3 is 1. The molecule has 2 aromatic carbocycles. The van der Waals surface area contributed by atoms with Crippen LogP contribution in [-0.4, -0.2) is 24.8 Å². The number of hydrogen-bond acceptors (Lipinski definition) is 4. The molecule has 0 saturated carbocycles. The number of rotatable bonds is 6. The molecule has 28 heavy (non-hydrogen) atoms. The summed E-state index contributed by atoms with van der Waals surface area (Å²) in [5, 5.41) is 9.05. The summed E-state index contributed by atoms with van der Waals surface area (Å²) in [4.78, 5) is 11.0. The van der Waals surface area contributed by atoms with Gasteiger partial charge in [0.1, 0.15) is 17.6 Å². The van der Waals surface area contributed by atoms with Crippen molar-refractivity contribution in [2.24, 2.45) is 0 Å². The van der Waals surface area contributed by atoms with Crippen LogP contribution in [0.1, 0.15) is 61.0 Å². The Morgan fingerprint density at radius 1 is 1.25 bits per heavy atom. The highest BCUT2D eigenvalue weighted by Crippen LogP contribution is 2.43. The van der Waals surface area contributed by atoms with Gasteiger partial charge in [0.25, 0.3) is 0 Å². The number of aliphatic carboxylic acids is 1. The van der Waals surface area contributed by atoms with Gasteiger partial charge < -0.3 is 19.3 Å². The topological polar surface area (TPSA) is 65.0 Å². The predicted octanol–water partition coefficient (Wildman–Crippen LogP) is 4.59. The van der Waals surface area contributed by atoms with Crippen molar-refractivity contribution in [1.29, 1.82) is 0 Å². The van der Waals surface area contributed by atoms with Gasteiger partial charge >= 0.3 is 5.97 Å². The van der Waals surface area contributed by atoms with E-state index >= 15 is 0 Å². The van der Waals surface area contributed by atoms with Gasteiger partial charge in [-0.1, -0.05) is 24.3 Å². The van der Waals surface area contributed by atoms with Crippen LogP contribution in [0.4, 0.5) is 0 Å². The van der Waals surface area contributed by atoms with Gasteiger partial charge in [-0.2, -0.15) is 0 Å². The molecule has 0 fully saturated rings. The number of fused-ring (bicyclic) bond motifs is 2. The summed E-state index contributed by atoms with van der Waals surface area (Å²) in [5.74, 6) is 0.590. The second-order valence-corrected chi connectivity index (χ2v) is 8.04. The van der Waals surface area contributed by atoms with Gasteiger partial charge in [-0.3, -0.25) is 4.79 Å². The van der Waals surface area contributed by atoms with Crippen LogP contribution >= 0.6 is 0 Å². The molecule has 2 aromatic rings. The van der Waals surface area contributed by atoms with Crippen molar-refractivity contribution in [3.8, 4) is 11.5 Å². The van der Waals surface area contributed by atoms with E-state index in [-0.39, 0.29) is 24.0 Å². The lowest BCUT2D eigenvalue weighted by molar-refractivity contribution is -0.137. The first-order valence-corrected chi connectivity index (χ1v) is 9.71. The summed E-state index contributed by atoms with van der Waals surface area (Å²) in [5.41, 5.74) is 4.37. The van der Waals surface area contributed by atoms with Crippen LogP contribution in [0.3, 0.4) is 0 Å². The molecule has 0 radical (unpaired) electrons. The van der Waals surface area contributed by atoms with Gasteiger partial charge in [-0.15, -0.1) is 0 Å². The first-order chi connectivity index (χ1) is 13.4. The van der Waals surface area contributed by atoms with Crippen molar-refractivity contribution < 1.29 is 24.1 Å². The van der Waals surface area contributed by atoms with Crippen molar-refractivity contribution >= 4 is 5.97 Å². The Morgan fingerprint density at radius 2 is 2.07 bits per heavy atom. The van der Waals surface area contributed by atoms with Crippen LogP contribution in [0.25, 0.3) is 0 Å². The fourth-order valence-electron chi connectivity index (χ4n) is 4.29. The van der Waals surface area contributed by atoms with E-state index in [1.165, 1.54) is 16.7 Å². The molecule has 1 aliphatic carbocycles. The number of benzene rings is 2. The number of hydrogen-bond donors (Lipinski definition) is 1. The molecule has 0 bridgehead atoms. The van der Waals surface area contributed by atoms with Crippen LogP contribution in [0.5, 0.6) is 11.5 Å². The van der Waals surface area contributed by atoms with E-state index in [0.717, 1.165) is 29.9 Å². The Kier molecular flexibility index (Phi) is 4.79. The van der Waals surface area contributed by atoms with Crippen LogP contribution < -0.4 is 9.47 Å². The SMILES string of the molecule is COC(C)(C)c1cccc2c1CC[C@H]2Oc1ccc2c(c1)OCC2CC(=O)O. The number of carbonyl (C=O) groups is 1. The van der Waals surface area contributed by atoms with Crippen LogP contribution in [0.2, 0.25) is 0 Å². The smallest absolute Gasteiger partial charge is 0.304 e. The Balaban J connectivity index is 1.55. The van der Waals surface area contributed by atoms with Gasteiger partial charge in [-0.25, -0.2) is 0 Å².